The number of amides is 1. The van der Waals surface area contributed by atoms with Crippen LogP contribution in [0.1, 0.15) is 39.0 Å². The number of aliphatic hydroxyl groups is 1. The molecule has 2 saturated carbocycles. The highest BCUT2D eigenvalue weighted by molar-refractivity contribution is 5.81. The molecule has 15 heavy (non-hydrogen) atoms. The van der Waals surface area contributed by atoms with E-state index in [9.17, 15) is 9.90 Å². The summed E-state index contributed by atoms with van der Waals surface area (Å²) in [6.45, 7) is 2.88. The smallest absolute Gasteiger partial charge is 0.223 e. The Kier molecular flexibility index (Phi) is 3.29. The third-order valence-electron chi connectivity index (χ3n) is 3.77. The van der Waals surface area contributed by atoms with Crippen molar-refractivity contribution in [3.8, 4) is 0 Å². The van der Waals surface area contributed by atoms with E-state index in [2.05, 4.69) is 12.2 Å². The second-order valence-electron chi connectivity index (χ2n) is 5.25. The zero-order chi connectivity index (χ0) is 10.8. The van der Waals surface area contributed by atoms with Crippen LogP contribution in [0.4, 0.5) is 0 Å². The van der Waals surface area contributed by atoms with E-state index in [1.807, 2.05) is 0 Å². The Morgan fingerprint density at radius 2 is 2.13 bits per heavy atom. The molecule has 0 spiro atoms. The first-order chi connectivity index (χ1) is 7.16. The van der Waals surface area contributed by atoms with Gasteiger partial charge >= 0.3 is 0 Å². The molecule has 3 nitrogen and oxygen atoms in total. The Morgan fingerprint density at radius 3 is 2.73 bits per heavy atom. The quantitative estimate of drug-likeness (QED) is 0.739. The fraction of sp³-hybridized carbons (Fsp3) is 0.917. The van der Waals surface area contributed by atoms with Gasteiger partial charge in [0.1, 0.15) is 0 Å². The van der Waals surface area contributed by atoms with Gasteiger partial charge in [0, 0.05) is 12.5 Å². The van der Waals surface area contributed by atoms with E-state index in [1.54, 1.807) is 0 Å². The van der Waals surface area contributed by atoms with Crippen LogP contribution in [0, 0.1) is 17.8 Å². The topological polar surface area (TPSA) is 49.3 Å². The van der Waals surface area contributed by atoms with E-state index in [1.165, 1.54) is 0 Å². The molecule has 0 saturated heterocycles. The summed E-state index contributed by atoms with van der Waals surface area (Å²) in [7, 11) is 0. The Balaban J connectivity index is 1.66. The minimum absolute atomic E-state index is 0.138. The summed E-state index contributed by atoms with van der Waals surface area (Å²) in [5, 5.41) is 12.5. The van der Waals surface area contributed by atoms with Gasteiger partial charge in [-0.1, -0.05) is 13.3 Å². The van der Waals surface area contributed by atoms with Gasteiger partial charge in [0.05, 0.1) is 6.10 Å². The summed E-state index contributed by atoms with van der Waals surface area (Å²) in [6, 6.07) is 0. The fourth-order valence-corrected chi connectivity index (χ4v) is 2.51. The van der Waals surface area contributed by atoms with Gasteiger partial charge in [-0.2, -0.15) is 0 Å². The van der Waals surface area contributed by atoms with Crippen molar-refractivity contribution in [2.45, 2.75) is 45.1 Å². The summed E-state index contributed by atoms with van der Waals surface area (Å²) in [4.78, 5) is 11.6. The van der Waals surface area contributed by atoms with Crippen LogP contribution in [0.15, 0.2) is 0 Å². The summed E-state index contributed by atoms with van der Waals surface area (Å²) in [5.74, 6) is 1.58. The standard InChI is InChI=1S/C12H21NO2/c1-8-5-11(8)12(15)13-7-9-3-2-4-10(14)6-9/h8-11,14H,2-7H2,1H3,(H,13,15). The lowest BCUT2D eigenvalue weighted by atomic mass is 9.87. The summed E-state index contributed by atoms with van der Waals surface area (Å²) >= 11 is 0. The monoisotopic (exact) mass is 211 g/mol. The maximum absolute atomic E-state index is 11.6. The molecule has 0 aromatic carbocycles. The molecule has 0 aromatic rings. The SMILES string of the molecule is CC1CC1C(=O)NCC1CCCC(O)C1. The molecule has 0 heterocycles. The van der Waals surface area contributed by atoms with Crippen molar-refractivity contribution in [2.75, 3.05) is 6.54 Å². The van der Waals surface area contributed by atoms with Gasteiger partial charge in [-0.05, 0) is 37.5 Å². The number of carbonyl (C=O) groups excluding carboxylic acids is 1. The first kappa shape index (κ1) is 10.9. The van der Waals surface area contributed by atoms with Gasteiger partial charge in [0.2, 0.25) is 5.91 Å². The summed E-state index contributed by atoms with van der Waals surface area (Å²) < 4.78 is 0. The van der Waals surface area contributed by atoms with Crippen molar-refractivity contribution < 1.29 is 9.90 Å². The molecular formula is C12H21NO2. The molecule has 86 valence electrons. The van der Waals surface area contributed by atoms with E-state index in [-0.39, 0.29) is 17.9 Å². The van der Waals surface area contributed by atoms with E-state index in [0.717, 1.165) is 38.6 Å². The maximum Gasteiger partial charge on any atom is 0.223 e. The maximum atomic E-state index is 11.6. The average molecular weight is 211 g/mol. The molecule has 2 N–H and O–H groups in total. The zero-order valence-corrected chi connectivity index (χ0v) is 9.41. The van der Waals surface area contributed by atoms with E-state index < -0.39 is 0 Å². The molecule has 0 bridgehead atoms. The number of nitrogens with one attached hydrogen (secondary N) is 1. The Bertz CT molecular complexity index is 242. The Labute approximate surface area is 91.2 Å². The molecule has 4 unspecified atom stereocenters. The van der Waals surface area contributed by atoms with Crippen LogP contribution in [0.3, 0.4) is 0 Å². The van der Waals surface area contributed by atoms with Crippen molar-refractivity contribution in [1.82, 2.24) is 5.32 Å². The lowest BCUT2D eigenvalue weighted by Gasteiger charge is -2.25. The summed E-state index contributed by atoms with van der Waals surface area (Å²) in [5.41, 5.74) is 0. The van der Waals surface area contributed by atoms with Crippen molar-refractivity contribution >= 4 is 5.91 Å². The minimum atomic E-state index is -0.138. The fourth-order valence-electron chi connectivity index (χ4n) is 2.51. The van der Waals surface area contributed by atoms with Crippen molar-refractivity contribution in [2.24, 2.45) is 17.8 Å². The predicted octanol–water partition coefficient (Wildman–Crippen LogP) is 1.31. The minimum Gasteiger partial charge on any atom is -0.393 e. The zero-order valence-electron chi connectivity index (χ0n) is 9.41. The number of aliphatic hydroxyl groups excluding tert-OH is 1. The van der Waals surface area contributed by atoms with Crippen LogP contribution in [-0.4, -0.2) is 23.7 Å². The molecule has 2 aliphatic rings. The van der Waals surface area contributed by atoms with E-state index in [0.29, 0.717) is 11.8 Å². The average Bonchev–Trinajstić information content (AvgIpc) is 2.92. The van der Waals surface area contributed by atoms with Crippen LogP contribution in [0.25, 0.3) is 0 Å². The van der Waals surface area contributed by atoms with Crippen molar-refractivity contribution in [1.29, 1.82) is 0 Å². The molecule has 2 fully saturated rings. The number of carbonyl (C=O) groups is 1. The normalized spacial score (nSPS) is 39.9. The number of hydrogen-bond donors (Lipinski definition) is 2. The van der Waals surface area contributed by atoms with Crippen molar-refractivity contribution in [3.05, 3.63) is 0 Å². The van der Waals surface area contributed by atoms with Gasteiger partial charge < -0.3 is 10.4 Å². The lowest BCUT2D eigenvalue weighted by molar-refractivity contribution is -0.122. The van der Waals surface area contributed by atoms with Crippen LogP contribution in [0.5, 0.6) is 0 Å². The molecule has 0 aromatic heterocycles. The first-order valence-electron chi connectivity index (χ1n) is 6.12. The second-order valence-corrected chi connectivity index (χ2v) is 5.25. The Morgan fingerprint density at radius 1 is 1.40 bits per heavy atom. The number of hydrogen-bond acceptors (Lipinski definition) is 2. The van der Waals surface area contributed by atoms with Gasteiger partial charge in [0.15, 0.2) is 0 Å². The van der Waals surface area contributed by atoms with Crippen molar-refractivity contribution in [3.63, 3.8) is 0 Å². The highest BCUT2D eigenvalue weighted by Gasteiger charge is 2.39. The third kappa shape index (κ3) is 2.94. The van der Waals surface area contributed by atoms with Crippen LogP contribution >= 0.6 is 0 Å². The summed E-state index contributed by atoms with van der Waals surface area (Å²) in [6.07, 6.45) is 4.96. The second kappa shape index (κ2) is 4.52. The van der Waals surface area contributed by atoms with Gasteiger partial charge in [-0.3, -0.25) is 4.79 Å². The highest BCUT2D eigenvalue weighted by atomic mass is 16.3. The molecule has 4 atom stereocenters. The highest BCUT2D eigenvalue weighted by Crippen LogP contribution is 2.37. The van der Waals surface area contributed by atoms with Crippen LogP contribution in [-0.2, 0) is 4.79 Å². The molecule has 0 aliphatic heterocycles. The Hall–Kier alpha value is -0.570. The lowest BCUT2D eigenvalue weighted by Crippen LogP contribution is -2.34. The largest absolute Gasteiger partial charge is 0.393 e. The third-order valence-corrected chi connectivity index (χ3v) is 3.77. The predicted molar refractivity (Wildman–Crippen MR) is 58.2 cm³/mol. The molecule has 2 aliphatic carbocycles. The first-order valence-corrected chi connectivity index (χ1v) is 6.12. The molecule has 1 amide bonds. The van der Waals surface area contributed by atoms with E-state index in [4.69, 9.17) is 0 Å². The molecule has 0 radical (unpaired) electrons. The molecule has 3 heteroatoms. The van der Waals surface area contributed by atoms with Gasteiger partial charge in [-0.25, -0.2) is 0 Å². The molecular weight excluding hydrogens is 190 g/mol. The van der Waals surface area contributed by atoms with E-state index >= 15 is 0 Å². The van der Waals surface area contributed by atoms with Crippen LogP contribution < -0.4 is 5.32 Å². The van der Waals surface area contributed by atoms with Gasteiger partial charge in [0.25, 0.3) is 0 Å². The van der Waals surface area contributed by atoms with Crippen LogP contribution in [0.2, 0.25) is 0 Å². The van der Waals surface area contributed by atoms with Gasteiger partial charge in [-0.15, -0.1) is 0 Å². The number of rotatable bonds is 3. The molecule has 2 rings (SSSR count).